The van der Waals surface area contributed by atoms with Crippen LogP contribution >= 0.6 is 0 Å². The van der Waals surface area contributed by atoms with Gasteiger partial charge in [0.2, 0.25) is 5.91 Å². The van der Waals surface area contributed by atoms with E-state index in [-0.39, 0.29) is 17.9 Å². The maximum absolute atomic E-state index is 12.0. The van der Waals surface area contributed by atoms with E-state index >= 15 is 0 Å². The predicted molar refractivity (Wildman–Crippen MR) is 103 cm³/mol. The van der Waals surface area contributed by atoms with E-state index in [1.807, 2.05) is 31.2 Å². The number of rotatable bonds is 8. The molecule has 2 N–H and O–H groups in total. The average Bonchev–Trinajstić information content (AvgIpc) is 2.62. The minimum Gasteiger partial charge on any atom is -0.383 e. The molecule has 0 bridgehead atoms. The normalized spacial score (nSPS) is 11.7. The number of carbonyl (C=O) groups is 2. The minimum absolute atomic E-state index is 0.0135. The molecule has 2 rings (SSSR count). The quantitative estimate of drug-likeness (QED) is 0.717. The molecule has 1 atom stereocenters. The zero-order chi connectivity index (χ0) is 18.9. The van der Waals surface area contributed by atoms with Gasteiger partial charge in [0.25, 0.3) is 5.91 Å². The van der Waals surface area contributed by atoms with Gasteiger partial charge in [-0.05, 0) is 42.2 Å². The Bertz CT molecular complexity index is 724. The average molecular weight is 354 g/mol. The van der Waals surface area contributed by atoms with Crippen molar-refractivity contribution in [1.29, 1.82) is 0 Å². The summed E-state index contributed by atoms with van der Waals surface area (Å²) < 4.78 is 4.92. The van der Waals surface area contributed by atoms with Gasteiger partial charge in [0.15, 0.2) is 0 Å². The smallest absolute Gasteiger partial charge is 0.251 e. The summed E-state index contributed by atoms with van der Waals surface area (Å²) in [5.41, 5.74) is 3.95. The van der Waals surface area contributed by atoms with Gasteiger partial charge in [-0.15, -0.1) is 0 Å². The SMILES string of the molecule is COCCNC(=O)c1ccc(-c2ccc(CC(C)NC(C)=O)cc2)cc1. The summed E-state index contributed by atoms with van der Waals surface area (Å²) in [6.07, 6.45) is 0.792. The highest BCUT2D eigenvalue weighted by Gasteiger charge is 2.07. The van der Waals surface area contributed by atoms with Crippen LogP contribution < -0.4 is 10.6 Å². The van der Waals surface area contributed by atoms with E-state index < -0.39 is 0 Å². The topological polar surface area (TPSA) is 67.4 Å². The molecule has 0 saturated carbocycles. The number of nitrogens with one attached hydrogen (secondary N) is 2. The fourth-order valence-electron chi connectivity index (χ4n) is 2.77. The molecule has 0 aliphatic rings. The lowest BCUT2D eigenvalue weighted by Crippen LogP contribution is -2.31. The summed E-state index contributed by atoms with van der Waals surface area (Å²) in [5.74, 6) is -0.114. The summed E-state index contributed by atoms with van der Waals surface area (Å²) in [7, 11) is 1.60. The van der Waals surface area contributed by atoms with E-state index in [2.05, 4.69) is 34.9 Å². The molecule has 0 aromatic heterocycles. The van der Waals surface area contributed by atoms with Crippen molar-refractivity contribution in [3.63, 3.8) is 0 Å². The fraction of sp³-hybridized carbons (Fsp3) is 0.333. The first-order chi connectivity index (χ1) is 12.5. The maximum atomic E-state index is 12.0. The summed E-state index contributed by atoms with van der Waals surface area (Å²) in [4.78, 5) is 23.1. The molecule has 0 radical (unpaired) electrons. The monoisotopic (exact) mass is 354 g/mol. The third-order valence-electron chi connectivity index (χ3n) is 4.02. The number of hydrogen-bond donors (Lipinski definition) is 2. The van der Waals surface area contributed by atoms with Crippen LogP contribution in [0.4, 0.5) is 0 Å². The zero-order valence-corrected chi connectivity index (χ0v) is 15.5. The van der Waals surface area contributed by atoms with Gasteiger partial charge in [0.1, 0.15) is 0 Å². The Morgan fingerprint density at radius 2 is 1.58 bits per heavy atom. The van der Waals surface area contributed by atoms with Crippen molar-refractivity contribution in [1.82, 2.24) is 10.6 Å². The van der Waals surface area contributed by atoms with Gasteiger partial charge < -0.3 is 15.4 Å². The minimum atomic E-state index is -0.101. The van der Waals surface area contributed by atoms with Gasteiger partial charge in [-0.25, -0.2) is 0 Å². The molecule has 5 heteroatoms. The summed E-state index contributed by atoms with van der Waals surface area (Å²) >= 11 is 0. The van der Waals surface area contributed by atoms with Crippen LogP contribution in [0.5, 0.6) is 0 Å². The molecule has 0 aliphatic heterocycles. The van der Waals surface area contributed by atoms with E-state index in [1.165, 1.54) is 12.5 Å². The Hall–Kier alpha value is -2.66. The van der Waals surface area contributed by atoms with Crippen molar-refractivity contribution in [2.24, 2.45) is 0 Å². The Kier molecular flexibility index (Phi) is 7.36. The van der Waals surface area contributed by atoms with Crippen LogP contribution in [0.3, 0.4) is 0 Å². The molecule has 5 nitrogen and oxygen atoms in total. The van der Waals surface area contributed by atoms with Crippen LogP contribution in [0.2, 0.25) is 0 Å². The lowest BCUT2D eigenvalue weighted by atomic mass is 10.00. The molecule has 1 unspecified atom stereocenters. The maximum Gasteiger partial charge on any atom is 0.251 e. The first-order valence-corrected chi connectivity index (χ1v) is 8.73. The van der Waals surface area contributed by atoms with Crippen molar-refractivity contribution in [2.45, 2.75) is 26.3 Å². The summed E-state index contributed by atoms with van der Waals surface area (Å²) in [5, 5.41) is 5.69. The Morgan fingerprint density at radius 3 is 2.12 bits per heavy atom. The van der Waals surface area contributed by atoms with Gasteiger partial charge in [0, 0.05) is 32.2 Å². The standard InChI is InChI=1S/C21H26N2O3/c1-15(23-16(2)24)14-17-4-6-18(7-5-17)19-8-10-20(11-9-19)21(25)22-12-13-26-3/h4-11,15H,12-14H2,1-3H3,(H,22,25)(H,23,24). The molecule has 2 aromatic carbocycles. The molecule has 138 valence electrons. The first kappa shape index (κ1) is 19.7. The molecule has 2 aromatic rings. The Labute approximate surface area is 154 Å². The van der Waals surface area contributed by atoms with Gasteiger partial charge in [-0.2, -0.15) is 0 Å². The van der Waals surface area contributed by atoms with Crippen LogP contribution in [0.15, 0.2) is 48.5 Å². The predicted octanol–water partition coefficient (Wildman–Crippen LogP) is 2.80. The zero-order valence-electron chi connectivity index (χ0n) is 15.5. The second kappa shape index (κ2) is 9.73. The Morgan fingerprint density at radius 1 is 1.00 bits per heavy atom. The third-order valence-corrected chi connectivity index (χ3v) is 4.02. The second-order valence-electron chi connectivity index (χ2n) is 6.33. The van der Waals surface area contributed by atoms with E-state index in [9.17, 15) is 9.59 Å². The number of benzene rings is 2. The van der Waals surface area contributed by atoms with Crippen LogP contribution in [0, 0.1) is 0 Å². The van der Waals surface area contributed by atoms with Crippen molar-refractivity contribution in [2.75, 3.05) is 20.3 Å². The first-order valence-electron chi connectivity index (χ1n) is 8.73. The van der Waals surface area contributed by atoms with Crippen LogP contribution in [-0.4, -0.2) is 38.1 Å². The van der Waals surface area contributed by atoms with Crippen molar-refractivity contribution in [3.8, 4) is 11.1 Å². The van der Waals surface area contributed by atoms with Crippen LogP contribution in [0.1, 0.15) is 29.8 Å². The van der Waals surface area contributed by atoms with Gasteiger partial charge >= 0.3 is 0 Å². The lowest BCUT2D eigenvalue weighted by molar-refractivity contribution is -0.119. The number of hydrogen-bond acceptors (Lipinski definition) is 3. The van der Waals surface area contributed by atoms with Crippen molar-refractivity contribution < 1.29 is 14.3 Å². The fourth-order valence-corrected chi connectivity index (χ4v) is 2.77. The van der Waals surface area contributed by atoms with Gasteiger partial charge in [-0.1, -0.05) is 36.4 Å². The number of carbonyl (C=O) groups excluding carboxylic acids is 2. The number of amides is 2. The summed E-state index contributed by atoms with van der Waals surface area (Å²) in [6, 6.07) is 15.9. The molecule has 0 spiro atoms. The molecule has 0 heterocycles. The summed E-state index contributed by atoms with van der Waals surface area (Å²) in [6.45, 7) is 4.51. The third kappa shape index (κ3) is 6.01. The number of ether oxygens (including phenoxy) is 1. The lowest BCUT2D eigenvalue weighted by Gasteiger charge is -2.13. The van der Waals surface area contributed by atoms with Crippen molar-refractivity contribution in [3.05, 3.63) is 59.7 Å². The largest absolute Gasteiger partial charge is 0.383 e. The second-order valence-corrected chi connectivity index (χ2v) is 6.33. The highest BCUT2D eigenvalue weighted by atomic mass is 16.5. The van der Waals surface area contributed by atoms with Gasteiger partial charge in [0.05, 0.1) is 6.61 Å². The molecule has 26 heavy (non-hydrogen) atoms. The molecule has 0 fully saturated rings. The number of methoxy groups -OCH3 is 1. The van der Waals surface area contributed by atoms with E-state index in [4.69, 9.17) is 4.74 Å². The van der Waals surface area contributed by atoms with Crippen LogP contribution in [-0.2, 0) is 16.0 Å². The van der Waals surface area contributed by atoms with Crippen LogP contribution in [0.25, 0.3) is 11.1 Å². The van der Waals surface area contributed by atoms with Crippen molar-refractivity contribution >= 4 is 11.8 Å². The molecule has 2 amide bonds. The van der Waals surface area contributed by atoms with E-state index in [0.717, 1.165) is 17.5 Å². The van der Waals surface area contributed by atoms with E-state index in [0.29, 0.717) is 18.7 Å². The molecule has 0 aliphatic carbocycles. The van der Waals surface area contributed by atoms with Gasteiger partial charge in [-0.3, -0.25) is 9.59 Å². The molecular weight excluding hydrogens is 328 g/mol. The van der Waals surface area contributed by atoms with E-state index in [1.54, 1.807) is 7.11 Å². The molecular formula is C21H26N2O3. The highest BCUT2D eigenvalue weighted by molar-refractivity contribution is 5.94. The molecule has 0 saturated heterocycles. The Balaban J connectivity index is 1.98. The highest BCUT2D eigenvalue weighted by Crippen LogP contribution is 2.21.